The van der Waals surface area contributed by atoms with Crippen molar-refractivity contribution in [3.8, 4) is 22.8 Å². The second-order valence-corrected chi connectivity index (χ2v) is 8.96. The number of anilines is 2. The van der Waals surface area contributed by atoms with E-state index in [-0.39, 0.29) is 0 Å². The molecular weight excluding hydrogens is 411 g/mol. The molecule has 1 aromatic heterocycles. The molecule has 158 valence electrons. The van der Waals surface area contributed by atoms with Crippen LogP contribution in [0.3, 0.4) is 0 Å². The molecule has 2 aromatic carbocycles. The van der Waals surface area contributed by atoms with Gasteiger partial charge in [-0.15, -0.1) is 9.19 Å². The van der Waals surface area contributed by atoms with Gasteiger partial charge in [0, 0.05) is 37.3 Å². The normalized spacial score (nSPS) is 12.6. The van der Waals surface area contributed by atoms with E-state index in [1.165, 1.54) is 33.3 Å². The molecule has 0 fully saturated rings. The third kappa shape index (κ3) is 3.17. The first-order chi connectivity index (χ1) is 14.3. The molecule has 1 heterocycles. The second-order valence-electron chi connectivity index (χ2n) is 6.99. The van der Waals surface area contributed by atoms with Gasteiger partial charge in [-0.2, -0.15) is 12.7 Å². The van der Waals surface area contributed by atoms with Crippen LogP contribution in [0, 0.1) is 5.82 Å². The van der Waals surface area contributed by atoms with E-state index in [0.717, 1.165) is 14.0 Å². The first kappa shape index (κ1) is 20.2. The Morgan fingerprint density at radius 1 is 1.13 bits per heavy atom. The molecule has 1 N–H and O–H groups in total. The predicted octanol–water partition coefficient (Wildman–Crippen LogP) is 3.01. The molecule has 1 aliphatic carbocycles. The van der Waals surface area contributed by atoms with E-state index in [1.807, 2.05) is 6.07 Å². The zero-order chi connectivity index (χ0) is 21.6. The first-order valence-corrected chi connectivity index (χ1v) is 10.5. The fourth-order valence-corrected chi connectivity index (χ4v) is 4.40. The van der Waals surface area contributed by atoms with Gasteiger partial charge < -0.3 is 14.8 Å². The van der Waals surface area contributed by atoms with Gasteiger partial charge in [-0.25, -0.2) is 4.39 Å². The van der Waals surface area contributed by atoms with Crippen LogP contribution in [0.5, 0.6) is 11.5 Å². The van der Waals surface area contributed by atoms with Crippen LogP contribution in [0.15, 0.2) is 36.4 Å². The lowest BCUT2D eigenvalue weighted by atomic mass is 10.1. The molecule has 30 heavy (non-hydrogen) atoms. The van der Waals surface area contributed by atoms with Gasteiger partial charge in [-0.3, -0.25) is 0 Å². The number of hydrogen-bond acceptors (Lipinski definition) is 6. The molecule has 0 bridgehead atoms. The lowest BCUT2D eigenvalue weighted by Gasteiger charge is -2.15. The van der Waals surface area contributed by atoms with Gasteiger partial charge in [-0.05, 0) is 35.9 Å². The number of hydrogen-bond donors (Lipinski definition) is 1. The molecule has 3 aromatic rings. The molecule has 0 unspecified atom stereocenters. The highest BCUT2D eigenvalue weighted by Crippen LogP contribution is 2.46. The summed E-state index contributed by atoms with van der Waals surface area (Å²) in [4.78, 5) is 0. The van der Waals surface area contributed by atoms with E-state index in [9.17, 15) is 12.8 Å². The molecule has 0 saturated carbocycles. The predicted molar refractivity (Wildman–Crippen MR) is 111 cm³/mol. The number of ether oxygens (including phenoxy) is 2. The van der Waals surface area contributed by atoms with E-state index in [2.05, 4.69) is 10.4 Å². The van der Waals surface area contributed by atoms with Gasteiger partial charge in [-0.1, -0.05) is 6.07 Å². The van der Waals surface area contributed by atoms with E-state index < -0.39 is 16.0 Å². The molecule has 0 saturated heterocycles. The Morgan fingerprint density at radius 2 is 1.83 bits per heavy atom. The van der Waals surface area contributed by atoms with Gasteiger partial charge in [0.25, 0.3) is 0 Å². The fourth-order valence-electron chi connectivity index (χ4n) is 3.47. The number of rotatable bonds is 6. The van der Waals surface area contributed by atoms with Gasteiger partial charge >= 0.3 is 10.2 Å². The van der Waals surface area contributed by atoms with Crippen LogP contribution < -0.4 is 14.8 Å². The summed E-state index contributed by atoms with van der Waals surface area (Å²) >= 11 is 0. The first-order valence-electron chi connectivity index (χ1n) is 9.09. The van der Waals surface area contributed by atoms with Gasteiger partial charge in [0.1, 0.15) is 5.82 Å². The van der Waals surface area contributed by atoms with Crippen molar-refractivity contribution in [1.82, 2.24) is 13.5 Å². The average molecular weight is 432 g/mol. The lowest BCUT2D eigenvalue weighted by molar-refractivity contribution is 0.355. The summed E-state index contributed by atoms with van der Waals surface area (Å²) in [6.07, 6.45) is 0.436. The molecule has 8 nitrogen and oxygen atoms in total. The number of fused-ring (bicyclic) bond motifs is 3. The average Bonchev–Trinajstić information content (AvgIpc) is 3.24. The van der Waals surface area contributed by atoms with Crippen molar-refractivity contribution in [1.29, 1.82) is 0 Å². The summed E-state index contributed by atoms with van der Waals surface area (Å²) in [6.45, 7) is 0. The molecular formula is C20H21FN4O4S. The maximum absolute atomic E-state index is 13.6. The van der Waals surface area contributed by atoms with Crippen molar-refractivity contribution >= 4 is 21.7 Å². The SMILES string of the molecule is COc1cc2c(cc1OC)-c1c(c(Nc3cccc(F)c3)nn1S(=O)(=O)N(C)C)C2. The largest absolute Gasteiger partial charge is 0.493 e. The molecule has 0 spiro atoms. The molecule has 0 atom stereocenters. The Bertz CT molecular complexity index is 1240. The number of nitrogens with zero attached hydrogens (tertiary/aromatic N) is 3. The maximum atomic E-state index is 13.6. The highest BCUT2D eigenvalue weighted by Gasteiger charge is 2.34. The molecule has 0 aliphatic heterocycles. The van der Waals surface area contributed by atoms with Crippen LogP contribution in [-0.4, -0.2) is 50.2 Å². The minimum absolute atomic E-state index is 0.343. The zero-order valence-electron chi connectivity index (χ0n) is 16.9. The van der Waals surface area contributed by atoms with E-state index in [1.54, 1.807) is 25.3 Å². The molecule has 0 radical (unpaired) electrons. The smallest absolute Gasteiger partial charge is 0.323 e. The molecule has 4 rings (SSSR count). The summed E-state index contributed by atoms with van der Waals surface area (Å²) in [6, 6.07) is 9.47. The third-order valence-electron chi connectivity index (χ3n) is 4.95. The molecule has 10 heteroatoms. The monoisotopic (exact) mass is 432 g/mol. The van der Waals surface area contributed by atoms with Crippen molar-refractivity contribution in [3.05, 3.63) is 53.3 Å². The Hall–Kier alpha value is -3.11. The zero-order valence-corrected chi connectivity index (χ0v) is 17.7. The number of methoxy groups -OCH3 is 2. The molecule has 0 amide bonds. The third-order valence-corrected chi connectivity index (χ3v) is 6.58. The van der Waals surface area contributed by atoms with E-state index in [0.29, 0.717) is 46.2 Å². The van der Waals surface area contributed by atoms with Crippen molar-refractivity contribution in [2.24, 2.45) is 0 Å². The highest BCUT2D eigenvalue weighted by molar-refractivity contribution is 7.87. The Balaban J connectivity index is 1.92. The van der Waals surface area contributed by atoms with Crippen LogP contribution in [0.1, 0.15) is 11.1 Å². The lowest BCUT2D eigenvalue weighted by Crippen LogP contribution is -2.30. The highest BCUT2D eigenvalue weighted by atomic mass is 32.2. The van der Waals surface area contributed by atoms with Crippen LogP contribution in [-0.2, 0) is 16.6 Å². The van der Waals surface area contributed by atoms with E-state index in [4.69, 9.17) is 9.47 Å². The minimum atomic E-state index is -3.91. The number of halogens is 1. The van der Waals surface area contributed by atoms with E-state index >= 15 is 0 Å². The second kappa shape index (κ2) is 7.29. The van der Waals surface area contributed by atoms with Crippen LogP contribution in [0.25, 0.3) is 11.3 Å². The number of benzene rings is 2. The van der Waals surface area contributed by atoms with Crippen LogP contribution in [0.2, 0.25) is 0 Å². The Kier molecular flexibility index (Phi) is 4.91. The standard InChI is InChI=1S/C20H21FN4O4S/c1-24(2)30(26,27)25-19-15-11-18(29-4)17(28-3)9-12(15)8-16(19)20(23-25)22-14-7-5-6-13(21)10-14/h5-7,9-11H,8H2,1-4H3,(H,22,23). The fraction of sp³-hybridized carbons (Fsp3) is 0.250. The van der Waals surface area contributed by atoms with Crippen LogP contribution in [0.4, 0.5) is 15.9 Å². The summed E-state index contributed by atoms with van der Waals surface area (Å²) in [5.74, 6) is 0.972. The summed E-state index contributed by atoms with van der Waals surface area (Å²) in [5, 5.41) is 7.38. The Morgan fingerprint density at radius 3 is 2.47 bits per heavy atom. The van der Waals surface area contributed by atoms with Crippen molar-refractivity contribution in [2.45, 2.75) is 6.42 Å². The summed E-state index contributed by atoms with van der Waals surface area (Å²) in [5.41, 5.74) is 3.17. The van der Waals surface area contributed by atoms with Crippen molar-refractivity contribution in [2.75, 3.05) is 33.6 Å². The van der Waals surface area contributed by atoms with Crippen molar-refractivity contribution in [3.63, 3.8) is 0 Å². The molecule has 1 aliphatic rings. The van der Waals surface area contributed by atoms with Gasteiger partial charge in [0.2, 0.25) is 0 Å². The van der Waals surface area contributed by atoms with Crippen LogP contribution >= 0.6 is 0 Å². The summed E-state index contributed by atoms with van der Waals surface area (Å²) < 4.78 is 52.5. The number of nitrogens with one attached hydrogen (secondary N) is 1. The van der Waals surface area contributed by atoms with Gasteiger partial charge in [0.15, 0.2) is 17.3 Å². The quantitative estimate of drug-likeness (QED) is 0.504. The van der Waals surface area contributed by atoms with Gasteiger partial charge in [0.05, 0.1) is 19.9 Å². The maximum Gasteiger partial charge on any atom is 0.323 e. The number of aromatic nitrogens is 2. The minimum Gasteiger partial charge on any atom is -0.493 e. The van der Waals surface area contributed by atoms with Crippen molar-refractivity contribution < 1.29 is 22.3 Å². The summed E-state index contributed by atoms with van der Waals surface area (Å²) in [7, 11) is 2.03. The Labute approximate surface area is 174 Å². The topological polar surface area (TPSA) is 85.7 Å².